The maximum atomic E-state index is 13.1. The van der Waals surface area contributed by atoms with Crippen LogP contribution in [0.3, 0.4) is 0 Å². The zero-order valence-electron chi connectivity index (χ0n) is 15.5. The second-order valence-corrected chi connectivity index (χ2v) is 7.49. The summed E-state index contributed by atoms with van der Waals surface area (Å²) < 4.78 is 78.6. The Morgan fingerprint density at radius 1 is 0.839 bits per heavy atom. The van der Waals surface area contributed by atoms with E-state index in [1.807, 2.05) is 0 Å². The van der Waals surface area contributed by atoms with E-state index in [1.165, 1.54) is 6.20 Å². The molecular weight excluding hydrogens is 442 g/mol. The number of anilines is 1. The monoisotopic (exact) mass is 456 g/mol. The average Bonchev–Trinajstić information content (AvgIpc) is 2.72. The highest BCUT2D eigenvalue weighted by atomic mass is 32.2. The van der Waals surface area contributed by atoms with Gasteiger partial charge >= 0.3 is 12.4 Å². The molecule has 0 aliphatic rings. The predicted molar refractivity (Wildman–Crippen MR) is 104 cm³/mol. The normalized spacial score (nSPS) is 13.0. The van der Waals surface area contributed by atoms with Gasteiger partial charge in [0.2, 0.25) is 5.91 Å². The highest BCUT2D eigenvalue weighted by Crippen LogP contribution is 2.39. The third-order valence-corrected chi connectivity index (χ3v) is 5.28. The SMILES string of the molecule is O=C(Nc1cc(C(F)(F)F)cc(C(F)(F)F)c1)[C@@H](Sc1ccccn1)c1ccccc1. The van der Waals surface area contributed by atoms with Crippen molar-refractivity contribution in [1.29, 1.82) is 0 Å². The van der Waals surface area contributed by atoms with Gasteiger partial charge in [0.25, 0.3) is 0 Å². The molecule has 162 valence electrons. The Morgan fingerprint density at radius 2 is 1.42 bits per heavy atom. The van der Waals surface area contributed by atoms with Crippen LogP contribution in [-0.4, -0.2) is 10.9 Å². The highest BCUT2D eigenvalue weighted by molar-refractivity contribution is 8.00. The summed E-state index contributed by atoms with van der Waals surface area (Å²) in [6.45, 7) is 0. The largest absolute Gasteiger partial charge is 0.416 e. The Labute approximate surface area is 177 Å². The van der Waals surface area contributed by atoms with E-state index in [0.29, 0.717) is 22.7 Å². The van der Waals surface area contributed by atoms with Crippen molar-refractivity contribution in [2.45, 2.75) is 22.6 Å². The van der Waals surface area contributed by atoms with Crippen LogP contribution in [0.2, 0.25) is 0 Å². The van der Waals surface area contributed by atoms with Crippen LogP contribution in [0.15, 0.2) is 78.0 Å². The molecule has 0 bridgehead atoms. The van der Waals surface area contributed by atoms with E-state index in [9.17, 15) is 31.1 Å². The zero-order valence-corrected chi connectivity index (χ0v) is 16.4. The summed E-state index contributed by atoms with van der Waals surface area (Å²) in [5.41, 5.74) is -3.11. The first-order valence-corrected chi connectivity index (χ1v) is 9.65. The Balaban J connectivity index is 1.96. The zero-order chi connectivity index (χ0) is 22.6. The van der Waals surface area contributed by atoms with Crippen molar-refractivity contribution in [2.75, 3.05) is 5.32 Å². The van der Waals surface area contributed by atoms with Crippen molar-refractivity contribution in [2.24, 2.45) is 0 Å². The van der Waals surface area contributed by atoms with Crippen LogP contribution in [-0.2, 0) is 17.1 Å². The molecule has 0 saturated heterocycles. The van der Waals surface area contributed by atoms with Gasteiger partial charge in [-0.1, -0.05) is 48.2 Å². The summed E-state index contributed by atoms with van der Waals surface area (Å²) in [6.07, 6.45) is -8.52. The molecule has 3 rings (SSSR count). The minimum atomic E-state index is -5.01. The van der Waals surface area contributed by atoms with E-state index in [0.717, 1.165) is 11.8 Å². The fraction of sp³-hybridized carbons (Fsp3) is 0.143. The quantitative estimate of drug-likeness (QED) is 0.348. The van der Waals surface area contributed by atoms with Crippen LogP contribution in [0.25, 0.3) is 0 Å². The summed E-state index contributed by atoms with van der Waals surface area (Å²) in [5, 5.41) is 1.70. The number of rotatable bonds is 5. The summed E-state index contributed by atoms with van der Waals surface area (Å²) >= 11 is 1.02. The van der Waals surface area contributed by atoms with Crippen LogP contribution in [0.1, 0.15) is 21.9 Å². The molecular formula is C21H14F6N2OS. The number of hydrogen-bond acceptors (Lipinski definition) is 3. The molecule has 1 aromatic heterocycles. The molecule has 3 nitrogen and oxygen atoms in total. The third-order valence-electron chi connectivity index (χ3n) is 4.07. The number of nitrogens with zero attached hydrogens (tertiary/aromatic N) is 1. The summed E-state index contributed by atoms with van der Waals surface area (Å²) in [7, 11) is 0. The maximum Gasteiger partial charge on any atom is 0.416 e. The molecule has 1 heterocycles. The number of amides is 1. The second kappa shape index (κ2) is 9.01. The van der Waals surface area contributed by atoms with Gasteiger partial charge in [0.15, 0.2) is 0 Å². The minimum Gasteiger partial charge on any atom is -0.325 e. The van der Waals surface area contributed by atoms with E-state index >= 15 is 0 Å². The van der Waals surface area contributed by atoms with Crippen molar-refractivity contribution >= 4 is 23.4 Å². The summed E-state index contributed by atoms with van der Waals surface area (Å²) in [4.78, 5) is 17.0. The lowest BCUT2D eigenvalue weighted by molar-refractivity contribution is -0.143. The van der Waals surface area contributed by atoms with Gasteiger partial charge in [0.05, 0.1) is 16.2 Å². The number of alkyl halides is 6. The summed E-state index contributed by atoms with van der Waals surface area (Å²) in [5.74, 6) is -0.783. The maximum absolute atomic E-state index is 13.1. The van der Waals surface area contributed by atoms with Gasteiger partial charge in [-0.25, -0.2) is 4.98 Å². The van der Waals surface area contributed by atoms with Crippen LogP contribution < -0.4 is 5.32 Å². The van der Waals surface area contributed by atoms with Crippen LogP contribution >= 0.6 is 11.8 Å². The fourth-order valence-corrected chi connectivity index (χ4v) is 3.65. The standard InChI is InChI=1S/C21H14F6N2OS/c22-20(23,24)14-10-15(21(25,26)27)12-16(11-14)29-19(30)18(13-6-2-1-3-7-13)31-17-8-4-5-9-28-17/h1-12,18H,(H,29,30)/t18-/m0/s1. The van der Waals surface area contributed by atoms with Crippen molar-refractivity contribution in [1.82, 2.24) is 4.98 Å². The van der Waals surface area contributed by atoms with E-state index in [-0.39, 0.29) is 6.07 Å². The highest BCUT2D eigenvalue weighted by Gasteiger charge is 2.37. The minimum absolute atomic E-state index is 0.00692. The number of thioether (sulfide) groups is 1. The topological polar surface area (TPSA) is 42.0 Å². The number of halogens is 6. The van der Waals surface area contributed by atoms with Crippen LogP contribution in [0, 0.1) is 0 Å². The van der Waals surface area contributed by atoms with E-state index < -0.39 is 40.3 Å². The van der Waals surface area contributed by atoms with E-state index in [2.05, 4.69) is 10.3 Å². The lowest BCUT2D eigenvalue weighted by atomic mass is 10.1. The lowest BCUT2D eigenvalue weighted by Crippen LogP contribution is -2.20. The molecule has 0 fully saturated rings. The first-order valence-electron chi connectivity index (χ1n) is 8.77. The summed E-state index contributed by atoms with van der Waals surface area (Å²) in [6, 6.07) is 14.3. The Bertz CT molecular complexity index is 1010. The average molecular weight is 456 g/mol. The molecule has 0 saturated carbocycles. The molecule has 1 N–H and O–H groups in total. The van der Waals surface area contributed by atoms with Crippen molar-refractivity contribution < 1.29 is 31.1 Å². The molecule has 10 heteroatoms. The Kier molecular flexibility index (Phi) is 6.59. The molecule has 2 aromatic carbocycles. The third kappa shape index (κ3) is 6.00. The molecule has 0 unspecified atom stereocenters. The van der Waals surface area contributed by atoms with Gasteiger partial charge in [-0.3, -0.25) is 4.79 Å². The number of hydrogen-bond donors (Lipinski definition) is 1. The van der Waals surface area contributed by atoms with E-state index in [4.69, 9.17) is 0 Å². The fourth-order valence-electron chi connectivity index (χ4n) is 2.67. The second-order valence-electron chi connectivity index (χ2n) is 6.36. The molecule has 3 aromatic rings. The van der Waals surface area contributed by atoms with Gasteiger partial charge in [0.1, 0.15) is 5.25 Å². The predicted octanol–water partition coefficient (Wildman–Crippen LogP) is 6.59. The number of nitrogens with one attached hydrogen (secondary N) is 1. The van der Waals surface area contributed by atoms with Gasteiger partial charge in [0, 0.05) is 11.9 Å². The molecule has 31 heavy (non-hydrogen) atoms. The van der Waals surface area contributed by atoms with Crippen molar-refractivity contribution in [3.05, 3.63) is 89.6 Å². The molecule has 1 amide bonds. The molecule has 0 spiro atoms. The van der Waals surface area contributed by atoms with E-state index in [1.54, 1.807) is 48.5 Å². The molecule has 0 radical (unpaired) electrons. The van der Waals surface area contributed by atoms with Gasteiger partial charge in [-0.2, -0.15) is 26.3 Å². The van der Waals surface area contributed by atoms with Crippen molar-refractivity contribution in [3.8, 4) is 0 Å². The van der Waals surface area contributed by atoms with Gasteiger partial charge < -0.3 is 5.32 Å². The number of carbonyl (C=O) groups excluding carboxylic acids is 1. The van der Waals surface area contributed by atoms with Gasteiger partial charge in [-0.15, -0.1) is 0 Å². The molecule has 0 aliphatic carbocycles. The number of pyridine rings is 1. The van der Waals surface area contributed by atoms with Gasteiger partial charge in [-0.05, 0) is 35.9 Å². The molecule has 1 atom stereocenters. The van der Waals surface area contributed by atoms with Crippen LogP contribution in [0.5, 0.6) is 0 Å². The number of aromatic nitrogens is 1. The smallest absolute Gasteiger partial charge is 0.325 e. The number of benzene rings is 2. The molecule has 0 aliphatic heterocycles. The first-order chi connectivity index (χ1) is 14.5. The van der Waals surface area contributed by atoms with Crippen LogP contribution in [0.4, 0.5) is 32.0 Å². The lowest BCUT2D eigenvalue weighted by Gasteiger charge is -2.18. The number of carbonyl (C=O) groups is 1. The first kappa shape index (κ1) is 22.7. The van der Waals surface area contributed by atoms with Crippen molar-refractivity contribution in [3.63, 3.8) is 0 Å². The Morgan fingerprint density at radius 3 is 1.94 bits per heavy atom. The Hall–Kier alpha value is -3.01.